The van der Waals surface area contributed by atoms with Gasteiger partial charge in [-0.2, -0.15) is 0 Å². The predicted molar refractivity (Wildman–Crippen MR) is 71.4 cm³/mol. The van der Waals surface area contributed by atoms with Crippen molar-refractivity contribution in [3.8, 4) is 12.3 Å². The summed E-state index contributed by atoms with van der Waals surface area (Å²) in [7, 11) is 0. The van der Waals surface area contributed by atoms with E-state index in [-0.39, 0.29) is 25.0 Å². The van der Waals surface area contributed by atoms with Gasteiger partial charge in [-0.05, 0) is 18.6 Å². The van der Waals surface area contributed by atoms with Gasteiger partial charge in [0.15, 0.2) is 0 Å². The first-order chi connectivity index (χ1) is 9.12. The number of aliphatic hydroxyl groups excluding tert-OH is 1. The molecule has 0 fully saturated rings. The minimum Gasteiger partial charge on any atom is -0.394 e. The second-order valence-corrected chi connectivity index (χ2v) is 3.82. The van der Waals surface area contributed by atoms with E-state index in [2.05, 4.69) is 10.9 Å². The Hall–Kier alpha value is -2.10. The van der Waals surface area contributed by atoms with Gasteiger partial charge in [-0.25, -0.2) is 4.79 Å². The first-order valence-electron chi connectivity index (χ1n) is 5.81. The van der Waals surface area contributed by atoms with E-state index in [9.17, 15) is 9.59 Å². The second-order valence-electron chi connectivity index (χ2n) is 3.82. The van der Waals surface area contributed by atoms with Crippen LogP contribution >= 0.6 is 0 Å². The van der Waals surface area contributed by atoms with Gasteiger partial charge in [0.2, 0.25) is 0 Å². The smallest absolute Gasteiger partial charge is 0.330 e. The van der Waals surface area contributed by atoms with Crippen LogP contribution in [-0.4, -0.2) is 27.4 Å². The minimum atomic E-state index is -0.573. The number of nitrogens with zero attached hydrogens (tertiary/aromatic N) is 1. The van der Waals surface area contributed by atoms with Crippen LogP contribution in [0.2, 0.25) is 0 Å². The number of terminal acetylenes is 1. The fourth-order valence-electron chi connectivity index (χ4n) is 1.36. The monoisotopic (exact) mass is 264 g/mol. The Balaban J connectivity index is 2.96. The SMILES string of the molecule is C#C/C=C/c1cn(CO[C@@H](CC)CO)c(=O)[nH]c1=O. The average molecular weight is 264 g/mol. The van der Waals surface area contributed by atoms with E-state index in [1.807, 2.05) is 6.92 Å². The summed E-state index contributed by atoms with van der Waals surface area (Å²) >= 11 is 0. The molecular weight excluding hydrogens is 248 g/mol. The molecule has 6 heteroatoms. The molecule has 2 N–H and O–H groups in total. The molecule has 0 spiro atoms. The number of aliphatic hydroxyl groups is 1. The molecule has 1 atom stereocenters. The number of ether oxygens (including phenoxy) is 1. The molecule has 0 unspecified atom stereocenters. The molecule has 0 bridgehead atoms. The largest absolute Gasteiger partial charge is 0.394 e. The number of H-pyrrole nitrogens is 1. The number of hydrogen-bond acceptors (Lipinski definition) is 4. The molecule has 0 aliphatic carbocycles. The van der Waals surface area contributed by atoms with Crippen LogP contribution in [0.4, 0.5) is 0 Å². The third-order valence-corrected chi connectivity index (χ3v) is 2.51. The van der Waals surface area contributed by atoms with Gasteiger partial charge in [-0.15, -0.1) is 6.42 Å². The van der Waals surface area contributed by atoms with E-state index in [4.69, 9.17) is 16.3 Å². The zero-order valence-electron chi connectivity index (χ0n) is 10.6. The van der Waals surface area contributed by atoms with Crippen molar-refractivity contribution in [1.29, 1.82) is 0 Å². The lowest BCUT2D eigenvalue weighted by Crippen LogP contribution is -2.32. The molecule has 0 aliphatic heterocycles. The van der Waals surface area contributed by atoms with Crippen LogP contribution in [0.3, 0.4) is 0 Å². The normalized spacial score (nSPS) is 12.5. The van der Waals surface area contributed by atoms with Crippen molar-refractivity contribution >= 4 is 6.08 Å². The molecule has 0 amide bonds. The van der Waals surface area contributed by atoms with Crippen LogP contribution in [0.5, 0.6) is 0 Å². The second kappa shape index (κ2) is 7.36. The lowest BCUT2D eigenvalue weighted by Gasteiger charge is -2.14. The number of allylic oxidation sites excluding steroid dienone is 1. The maximum absolute atomic E-state index is 11.6. The number of aromatic nitrogens is 2. The Labute approximate surface area is 110 Å². The number of hydrogen-bond donors (Lipinski definition) is 2. The van der Waals surface area contributed by atoms with Crippen molar-refractivity contribution in [2.45, 2.75) is 26.2 Å². The van der Waals surface area contributed by atoms with Gasteiger partial charge in [0.05, 0.1) is 18.3 Å². The summed E-state index contributed by atoms with van der Waals surface area (Å²) in [4.78, 5) is 25.2. The summed E-state index contributed by atoms with van der Waals surface area (Å²) in [5.74, 6) is 2.26. The van der Waals surface area contributed by atoms with Crippen molar-refractivity contribution < 1.29 is 9.84 Å². The van der Waals surface area contributed by atoms with Crippen LogP contribution in [0.1, 0.15) is 18.9 Å². The molecule has 6 nitrogen and oxygen atoms in total. The van der Waals surface area contributed by atoms with E-state index < -0.39 is 11.2 Å². The van der Waals surface area contributed by atoms with Crippen molar-refractivity contribution in [2.24, 2.45) is 0 Å². The summed E-state index contributed by atoms with van der Waals surface area (Å²) in [6, 6.07) is 0. The Kier molecular flexibility index (Phi) is 5.79. The van der Waals surface area contributed by atoms with Gasteiger partial charge in [0, 0.05) is 6.20 Å². The Morgan fingerprint density at radius 3 is 2.95 bits per heavy atom. The van der Waals surface area contributed by atoms with Crippen molar-refractivity contribution in [3.05, 3.63) is 38.7 Å². The molecule has 0 saturated carbocycles. The molecule has 102 valence electrons. The lowest BCUT2D eigenvalue weighted by atomic mass is 10.3. The fraction of sp³-hybridized carbons (Fsp3) is 0.385. The molecule has 19 heavy (non-hydrogen) atoms. The number of rotatable bonds is 6. The van der Waals surface area contributed by atoms with E-state index in [0.717, 1.165) is 0 Å². The molecule has 0 radical (unpaired) electrons. The molecule has 1 aromatic rings. The quantitative estimate of drug-likeness (QED) is 0.704. The van der Waals surface area contributed by atoms with Crippen LogP contribution in [0, 0.1) is 12.3 Å². The average Bonchev–Trinajstić information content (AvgIpc) is 2.40. The minimum absolute atomic E-state index is 0.0500. The van der Waals surface area contributed by atoms with Gasteiger partial charge in [-0.1, -0.05) is 12.8 Å². The highest BCUT2D eigenvalue weighted by molar-refractivity contribution is 5.49. The molecule has 0 saturated heterocycles. The molecule has 1 heterocycles. The summed E-state index contributed by atoms with van der Waals surface area (Å²) < 4.78 is 6.54. The van der Waals surface area contributed by atoms with E-state index in [0.29, 0.717) is 6.42 Å². The van der Waals surface area contributed by atoms with Crippen LogP contribution in [0.15, 0.2) is 21.9 Å². The van der Waals surface area contributed by atoms with Gasteiger partial charge in [0.25, 0.3) is 5.56 Å². The Bertz CT molecular complexity index is 588. The summed E-state index contributed by atoms with van der Waals surface area (Å²) in [5, 5.41) is 8.98. The lowest BCUT2D eigenvalue weighted by molar-refractivity contribution is -0.0269. The first kappa shape index (κ1) is 15.0. The van der Waals surface area contributed by atoms with Gasteiger partial charge >= 0.3 is 5.69 Å². The maximum Gasteiger partial charge on any atom is 0.330 e. The highest BCUT2D eigenvalue weighted by Gasteiger charge is 2.07. The van der Waals surface area contributed by atoms with Gasteiger partial charge in [0.1, 0.15) is 6.73 Å². The molecule has 1 aromatic heterocycles. The van der Waals surface area contributed by atoms with Gasteiger partial charge < -0.3 is 9.84 Å². The summed E-state index contributed by atoms with van der Waals surface area (Å²) in [6.07, 6.45) is 9.49. The van der Waals surface area contributed by atoms with E-state index in [1.54, 1.807) is 0 Å². The van der Waals surface area contributed by atoms with Crippen LogP contribution < -0.4 is 11.2 Å². The van der Waals surface area contributed by atoms with Crippen LogP contribution in [0.25, 0.3) is 6.08 Å². The third kappa shape index (κ3) is 4.25. The van der Waals surface area contributed by atoms with E-state index in [1.165, 1.54) is 22.9 Å². The van der Waals surface area contributed by atoms with Crippen molar-refractivity contribution in [2.75, 3.05) is 6.61 Å². The maximum atomic E-state index is 11.6. The number of nitrogens with one attached hydrogen (secondary N) is 1. The Morgan fingerprint density at radius 1 is 1.63 bits per heavy atom. The molecule has 0 aliphatic rings. The standard InChI is InChI=1S/C13H16N2O4/c1-3-5-6-10-7-15(13(18)14-12(10)17)9-19-11(4-2)8-16/h1,5-7,11,16H,4,8-9H2,2H3,(H,14,17,18)/b6-5+/t11-/m0/s1. The van der Waals surface area contributed by atoms with Crippen molar-refractivity contribution in [3.63, 3.8) is 0 Å². The zero-order chi connectivity index (χ0) is 14.3. The van der Waals surface area contributed by atoms with Crippen molar-refractivity contribution in [1.82, 2.24) is 9.55 Å². The Morgan fingerprint density at radius 2 is 2.37 bits per heavy atom. The first-order valence-corrected chi connectivity index (χ1v) is 5.81. The highest BCUT2D eigenvalue weighted by Crippen LogP contribution is 1.98. The molecular formula is C13H16N2O4. The summed E-state index contributed by atoms with van der Waals surface area (Å²) in [5.41, 5.74) is -0.823. The topological polar surface area (TPSA) is 84.3 Å². The molecule has 1 rings (SSSR count). The fourth-order valence-corrected chi connectivity index (χ4v) is 1.36. The van der Waals surface area contributed by atoms with Gasteiger partial charge in [-0.3, -0.25) is 14.3 Å². The number of aromatic amines is 1. The van der Waals surface area contributed by atoms with E-state index >= 15 is 0 Å². The highest BCUT2D eigenvalue weighted by atomic mass is 16.5. The summed E-state index contributed by atoms with van der Waals surface area (Å²) in [6.45, 7) is 1.68. The zero-order valence-corrected chi connectivity index (χ0v) is 10.6. The third-order valence-electron chi connectivity index (χ3n) is 2.51. The molecule has 0 aromatic carbocycles. The predicted octanol–water partition coefficient (Wildman–Crippen LogP) is -0.0720. The van der Waals surface area contributed by atoms with Crippen LogP contribution in [-0.2, 0) is 11.5 Å².